The van der Waals surface area contributed by atoms with Crippen molar-refractivity contribution < 1.29 is 9.46 Å². The molecule has 8 heavy (non-hydrogen) atoms. The minimum Gasteiger partial charge on any atom is -0.198 e. The Morgan fingerprint density at radius 1 is 2.00 bits per heavy atom. The summed E-state index contributed by atoms with van der Waals surface area (Å²) in [6.45, 7) is 0. The van der Waals surface area contributed by atoms with Crippen molar-refractivity contribution in [2.75, 3.05) is 0 Å². The first-order valence-electron chi connectivity index (χ1n) is 1.84. The number of alkyl halides is 1. The summed E-state index contributed by atoms with van der Waals surface area (Å²) in [5, 5.41) is 7.00. The molecule has 0 aliphatic carbocycles. The summed E-state index contributed by atoms with van der Waals surface area (Å²) in [4.78, 5) is 8.18. The molecule has 0 fully saturated rings. The summed E-state index contributed by atoms with van der Waals surface area (Å²) in [5.74, 6) is 0. The normalized spacial score (nSPS) is 14.4. The van der Waals surface area contributed by atoms with Crippen LogP contribution in [0.1, 0.15) is 6.42 Å². The third-order valence-electron chi connectivity index (χ3n) is 0.499. The minimum absolute atomic E-state index is 0.0761. The van der Waals surface area contributed by atoms with Crippen molar-refractivity contribution in [3.05, 3.63) is 0 Å². The van der Waals surface area contributed by atoms with Gasteiger partial charge in [-0.1, -0.05) is 11.6 Å². The summed E-state index contributed by atoms with van der Waals surface area (Å²) in [7, 11) is -2.37. The van der Waals surface area contributed by atoms with E-state index in [1.54, 1.807) is 6.07 Å². The Kier molecular flexibility index (Phi) is 3.72. The Morgan fingerprint density at radius 2 is 2.50 bits per heavy atom. The van der Waals surface area contributed by atoms with E-state index in [2.05, 4.69) is 0 Å². The number of nitrogens with zero attached hydrogens (tertiary/aromatic N) is 1. The second kappa shape index (κ2) is 3.80. The van der Waals surface area contributed by atoms with E-state index in [1.165, 1.54) is 0 Å². The van der Waals surface area contributed by atoms with Gasteiger partial charge in [-0.15, -0.1) is 0 Å². The molecule has 5 heteroatoms. The van der Waals surface area contributed by atoms with Gasteiger partial charge in [0.2, 0.25) is 0 Å². The van der Waals surface area contributed by atoms with Gasteiger partial charge in [-0.3, -0.25) is 0 Å². The lowest BCUT2D eigenvalue weighted by atomic mass is 10.6. The molecule has 0 aromatic carbocycles. The highest BCUT2D eigenvalue weighted by Gasteiger charge is 2.24. The van der Waals surface area contributed by atoms with Crippen molar-refractivity contribution in [3.8, 4) is 6.07 Å². The molecule has 0 heterocycles. The third kappa shape index (κ3) is 2.92. The van der Waals surface area contributed by atoms with E-state index in [1.807, 2.05) is 0 Å². The van der Waals surface area contributed by atoms with E-state index in [0.29, 0.717) is 0 Å². The first-order valence-corrected chi connectivity index (χ1v) is 3.56. The second-order valence-corrected chi connectivity index (χ2v) is 3.16. The van der Waals surface area contributed by atoms with Gasteiger partial charge in [-0.25, -0.2) is 0 Å². The number of hydrogen-bond donors (Lipinski definition) is 1. The summed E-state index contributed by atoms with van der Waals surface area (Å²) >= 11 is 5.16. The zero-order valence-corrected chi connectivity index (χ0v) is 5.56. The SMILES string of the molecule is N#CCC(Cl)[P+](=O)O. The van der Waals surface area contributed by atoms with Crippen molar-refractivity contribution >= 4 is 19.6 Å². The zero-order valence-electron chi connectivity index (χ0n) is 3.91. The highest BCUT2D eigenvalue weighted by molar-refractivity contribution is 7.41. The Morgan fingerprint density at radius 3 is 2.62 bits per heavy atom. The predicted octanol–water partition coefficient (Wildman–Crippen LogP) is 1.20. The highest BCUT2D eigenvalue weighted by Crippen LogP contribution is 2.27. The van der Waals surface area contributed by atoms with Crippen LogP contribution < -0.4 is 0 Å². The smallest absolute Gasteiger partial charge is 0.198 e. The van der Waals surface area contributed by atoms with Crippen molar-refractivity contribution in [3.63, 3.8) is 0 Å². The first kappa shape index (κ1) is 7.84. The van der Waals surface area contributed by atoms with Crippen LogP contribution in [0, 0.1) is 11.3 Å². The van der Waals surface area contributed by atoms with Crippen LogP contribution in [0.5, 0.6) is 0 Å². The predicted molar refractivity (Wildman–Crippen MR) is 29.7 cm³/mol. The van der Waals surface area contributed by atoms with Gasteiger partial charge in [0.25, 0.3) is 5.12 Å². The summed E-state index contributed by atoms with van der Waals surface area (Å²) in [5.41, 5.74) is 0. The van der Waals surface area contributed by atoms with Crippen molar-refractivity contribution in [1.29, 1.82) is 5.26 Å². The van der Waals surface area contributed by atoms with Gasteiger partial charge in [0.1, 0.15) is 0 Å². The topological polar surface area (TPSA) is 61.1 Å². The van der Waals surface area contributed by atoms with Crippen molar-refractivity contribution in [2.24, 2.45) is 0 Å². The molecule has 0 radical (unpaired) electrons. The lowest BCUT2D eigenvalue weighted by molar-refractivity contribution is 0.500. The first-order chi connectivity index (χ1) is 3.68. The molecule has 0 aliphatic rings. The quantitative estimate of drug-likeness (QED) is 0.478. The van der Waals surface area contributed by atoms with E-state index < -0.39 is 13.1 Å². The molecule has 3 nitrogen and oxygen atoms in total. The fraction of sp³-hybridized carbons (Fsp3) is 0.667. The van der Waals surface area contributed by atoms with Crippen LogP contribution in [0.3, 0.4) is 0 Å². The number of hydrogen-bond acceptors (Lipinski definition) is 2. The Balaban J connectivity index is 3.52. The van der Waals surface area contributed by atoms with Gasteiger partial charge < -0.3 is 0 Å². The molecule has 0 saturated heterocycles. The maximum absolute atomic E-state index is 9.95. The highest BCUT2D eigenvalue weighted by atomic mass is 35.5. The molecular weight excluding hydrogens is 148 g/mol. The molecule has 0 rings (SSSR count). The van der Waals surface area contributed by atoms with Crippen LogP contribution >= 0.6 is 19.6 Å². The van der Waals surface area contributed by atoms with Gasteiger partial charge in [-0.2, -0.15) is 10.2 Å². The average Bonchev–Trinajstić information content (AvgIpc) is 1.67. The third-order valence-corrected chi connectivity index (χ3v) is 1.82. The molecule has 0 aromatic heterocycles. The molecule has 0 aromatic rings. The molecule has 2 unspecified atom stereocenters. The lowest BCUT2D eigenvalue weighted by Gasteiger charge is -1.79. The molecule has 0 spiro atoms. The molecular formula is C3H4ClNO2P+. The largest absolute Gasteiger partial charge is 0.526 e. The Hall–Kier alpha value is -0.160. The van der Waals surface area contributed by atoms with E-state index >= 15 is 0 Å². The maximum atomic E-state index is 9.95. The van der Waals surface area contributed by atoms with Crippen LogP contribution in [0.4, 0.5) is 0 Å². The molecule has 2 atom stereocenters. The molecule has 44 valence electrons. The van der Waals surface area contributed by atoms with E-state index in [9.17, 15) is 4.57 Å². The lowest BCUT2D eigenvalue weighted by Crippen LogP contribution is -1.86. The average molecular weight is 152 g/mol. The van der Waals surface area contributed by atoms with E-state index in [4.69, 9.17) is 21.8 Å². The molecule has 1 N–H and O–H groups in total. The summed E-state index contributed by atoms with van der Waals surface area (Å²) < 4.78 is 9.95. The van der Waals surface area contributed by atoms with Crippen molar-refractivity contribution in [1.82, 2.24) is 0 Å². The van der Waals surface area contributed by atoms with E-state index in [0.717, 1.165) is 0 Å². The standard InChI is InChI=1S/C3H3ClNO2P/c4-3(1-2-5)8(6)7/h3H,1H2/p+1. The maximum Gasteiger partial charge on any atom is 0.526 e. The second-order valence-electron chi connectivity index (χ2n) is 1.10. The van der Waals surface area contributed by atoms with Crippen LogP contribution in [0.2, 0.25) is 0 Å². The van der Waals surface area contributed by atoms with Crippen molar-refractivity contribution in [2.45, 2.75) is 11.5 Å². The Labute approximate surface area is 52.8 Å². The number of halogens is 1. The van der Waals surface area contributed by atoms with Crippen LogP contribution in [0.15, 0.2) is 0 Å². The number of nitriles is 1. The van der Waals surface area contributed by atoms with Gasteiger partial charge in [-0.05, 0) is 4.57 Å². The van der Waals surface area contributed by atoms with Gasteiger partial charge in [0.05, 0.1) is 12.5 Å². The van der Waals surface area contributed by atoms with Crippen LogP contribution in [-0.4, -0.2) is 10.0 Å². The van der Waals surface area contributed by atoms with Gasteiger partial charge in [0, 0.05) is 0 Å². The summed E-state index contributed by atoms with van der Waals surface area (Å²) in [6, 6.07) is 1.67. The molecule has 0 bridgehead atoms. The fourth-order valence-electron chi connectivity index (χ4n) is 0.153. The van der Waals surface area contributed by atoms with Gasteiger partial charge >= 0.3 is 8.03 Å². The number of rotatable bonds is 2. The van der Waals surface area contributed by atoms with Gasteiger partial charge in [0.15, 0.2) is 0 Å². The van der Waals surface area contributed by atoms with E-state index in [-0.39, 0.29) is 6.42 Å². The Bertz CT molecular complexity index is 132. The zero-order chi connectivity index (χ0) is 6.57. The van der Waals surface area contributed by atoms with Crippen LogP contribution in [-0.2, 0) is 4.57 Å². The molecule has 0 amide bonds. The fourth-order valence-corrected chi connectivity index (χ4v) is 0.460. The minimum atomic E-state index is -2.37. The summed E-state index contributed by atoms with van der Waals surface area (Å²) in [6.07, 6.45) is -0.0761. The monoisotopic (exact) mass is 152 g/mol. The van der Waals surface area contributed by atoms with Crippen LogP contribution in [0.25, 0.3) is 0 Å². The molecule has 0 aliphatic heterocycles. The molecule has 0 saturated carbocycles.